The second-order valence-corrected chi connectivity index (χ2v) is 3.12. The maximum absolute atomic E-state index is 5.25. The Morgan fingerprint density at radius 3 is 3.25 bits per heavy atom. The van der Waals surface area contributed by atoms with Gasteiger partial charge in [0.05, 0.1) is 6.61 Å². The fraction of sp³-hybridized carbons (Fsp3) is 1.00. The molecule has 1 saturated heterocycles. The van der Waals surface area contributed by atoms with Crippen LogP contribution in [0.2, 0.25) is 0 Å². The fourth-order valence-electron chi connectivity index (χ4n) is 0.694. The van der Waals surface area contributed by atoms with Crippen molar-refractivity contribution >= 4 is 8.81 Å². The van der Waals surface area contributed by atoms with Crippen LogP contribution in [0.1, 0.15) is 0 Å². The van der Waals surface area contributed by atoms with E-state index in [0.717, 1.165) is 22.0 Å². The molecule has 0 aromatic carbocycles. The summed E-state index contributed by atoms with van der Waals surface area (Å²) in [5.74, 6) is 0. The van der Waals surface area contributed by atoms with Gasteiger partial charge in [-0.2, -0.15) is 0 Å². The van der Waals surface area contributed by atoms with Crippen LogP contribution in [0.15, 0.2) is 0 Å². The van der Waals surface area contributed by atoms with Crippen LogP contribution in [0.3, 0.4) is 0 Å². The van der Waals surface area contributed by atoms with Gasteiger partial charge in [0, 0.05) is 28.1 Å². The largest absolute Gasteiger partial charge is 0.361 e. The first kappa shape index (κ1) is 6.47. The summed E-state index contributed by atoms with van der Waals surface area (Å²) < 4.78 is 5.25. The maximum atomic E-state index is 5.25. The van der Waals surface area contributed by atoms with Gasteiger partial charge in [0.2, 0.25) is 0 Å². The van der Waals surface area contributed by atoms with Crippen LogP contribution < -0.4 is 0 Å². The molecule has 0 radical (unpaired) electrons. The summed E-state index contributed by atoms with van der Waals surface area (Å²) in [5.41, 5.74) is 0. The van der Waals surface area contributed by atoms with E-state index in [-0.39, 0.29) is 0 Å². The van der Waals surface area contributed by atoms with Crippen molar-refractivity contribution in [2.45, 2.75) is 0 Å². The molecule has 0 spiro atoms. The van der Waals surface area contributed by atoms with Crippen LogP contribution in [-0.4, -0.2) is 37.8 Å². The fourth-order valence-corrected chi connectivity index (χ4v) is 1.55. The lowest BCUT2D eigenvalue weighted by molar-refractivity contribution is 0.285. The zero-order chi connectivity index (χ0) is 5.82. The van der Waals surface area contributed by atoms with Crippen LogP contribution in [0, 0.1) is 0 Å². The molecule has 1 heterocycles. The summed E-state index contributed by atoms with van der Waals surface area (Å²) in [4.78, 5) is 2.31. The number of hydrogen-bond acceptors (Lipinski definition) is 2. The smallest absolute Gasteiger partial charge is 0.0632 e. The molecule has 0 aliphatic carbocycles. The third-order valence-corrected chi connectivity index (χ3v) is 2.11. The van der Waals surface area contributed by atoms with Crippen molar-refractivity contribution in [3.8, 4) is 0 Å². The topological polar surface area (TPSA) is 12.5 Å². The highest BCUT2D eigenvalue weighted by atomic mass is 31.1. The van der Waals surface area contributed by atoms with E-state index in [2.05, 4.69) is 11.9 Å². The quantitative estimate of drug-likeness (QED) is 0.447. The molecule has 0 N–H and O–H groups in total. The van der Waals surface area contributed by atoms with E-state index < -0.39 is 0 Å². The molecule has 8 heavy (non-hydrogen) atoms. The molecule has 0 bridgehead atoms. The summed E-state index contributed by atoms with van der Waals surface area (Å²) >= 11 is 0. The lowest BCUT2D eigenvalue weighted by atomic mass is 10.5. The Bertz CT molecular complexity index is 61.4. The minimum atomic E-state index is 0.739. The molecule has 1 aliphatic heterocycles. The molecular weight excluding hydrogens is 121 g/mol. The van der Waals surface area contributed by atoms with Crippen molar-refractivity contribution in [2.24, 2.45) is 0 Å². The third kappa shape index (κ3) is 2.08. The molecule has 1 unspecified atom stereocenters. The molecule has 0 amide bonds. The Morgan fingerprint density at radius 2 is 2.38 bits per heavy atom. The van der Waals surface area contributed by atoms with Crippen molar-refractivity contribution in [2.75, 3.05) is 32.9 Å². The minimum Gasteiger partial charge on any atom is -0.361 e. The van der Waals surface area contributed by atoms with Gasteiger partial charge in [-0.25, -0.2) is 0 Å². The number of likely N-dealkylation sites (N-methyl/N-ethyl adjacent to an activating group) is 1. The van der Waals surface area contributed by atoms with E-state index >= 15 is 0 Å². The van der Waals surface area contributed by atoms with Gasteiger partial charge in [-0.1, -0.05) is 0 Å². The second kappa shape index (κ2) is 3.39. The Labute approximate surface area is 52.1 Å². The standard InChI is InChI=1S/C5H12NOP/c1-6-2-4-7-8-5-3-6/h8H,2-5H2,1H3. The molecule has 1 atom stereocenters. The SMILES string of the molecule is CN1CCOPCC1. The van der Waals surface area contributed by atoms with Crippen LogP contribution in [-0.2, 0) is 4.52 Å². The molecule has 1 rings (SSSR count). The Hall–Kier alpha value is 0.350. The van der Waals surface area contributed by atoms with Gasteiger partial charge in [0.25, 0.3) is 0 Å². The van der Waals surface area contributed by atoms with E-state index in [1.54, 1.807) is 0 Å². The second-order valence-electron chi connectivity index (χ2n) is 2.05. The highest BCUT2D eigenvalue weighted by molar-refractivity contribution is 7.32. The minimum absolute atomic E-state index is 0.739. The summed E-state index contributed by atoms with van der Waals surface area (Å²) in [6.45, 7) is 3.24. The first-order valence-electron chi connectivity index (χ1n) is 2.93. The molecule has 3 heteroatoms. The van der Waals surface area contributed by atoms with Crippen LogP contribution in [0.25, 0.3) is 0 Å². The predicted molar refractivity (Wildman–Crippen MR) is 36.6 cm³/mol. The van der Waals surface area contributed by atoms with E-state index in [1.807, 2.05) is 0 Å². The van der Waals surface area contributed by atoms with Gasteiger partial charge >= 0.3 is 0 Å². The summed E-state index contributed by atoms with van der Waals surface area (Å²) in [7, 11) is 2.88. The molecule has 2 nitrogen and oxygen atoms in total. The molecule has 1 fully saturated rings. The van der Waals surface area contributed by atoms with Crippen molar-refractivity contribution in [1.82, 2.24) is 4.90 Å². The summed E-state index contributed by atoms with van der Waals surface area (Å²) in [6.07, 6.45) is 1.22. The monoisotopic (exact) mass is 133 g/mol. The van der Waals surface area contributed by atoms with Gasteiger partial charge in [-0.3, -0.25) is 0 Å². The first-order valence-corrected chi connectivity index (χ1v) is 4.04. The molecule has 0 saturated carbocycles. The molecule has 1 aliphatic rings. The van der Waals surface area contributed by atoms with Gasteiger partial charge in [0.1, 0.15) is 0 Å². The van der Waals surface area contributed by atoms with E-state index in [0.29, 0.717) is 0 Å². The number of rotatable bonds is 0. The van der Waals surface area contributed by atoms with Gasteiger partial charge in [-0.15, -0.1) is 0 Å². The van der Waals surface area contributed by atoms with Crippen molar-refractivity contribution in [1.29, 1.82) is 0 Å². The van der Waals surface area contributed by atoms with E-state index in [4.69, 9.17) is 4.52 Å². The average molecular weight is 133 g/mol. The van der Waals surface area contributed by atoms with Crippen LogP contribution >= 0.6 is 8.81 Å². The Morgan fingerprint density at radius 1 is 1.50 bits per heavy atom. The first-order chi connectivity index (χ1) is 3.89. The van der Waals surface area contributed by atoms with E-state index in [9.17, 15) is 0 Å². The molecule has 0 aromatic rings. The third-order valence-electron chi connectivity index (χ3n) is 1.27. The van der Waals surface area contributed by atoms with Gasteiger partial charge < -0.3 is 9.42 Å². The van der Waals surface area contributed by atoms with E-state index in [1.165, 1.54) is 12.7 Å². The lowest BCUT2D eigenvalue weighted by Gasteiger charge is -2.09. The van der Waals surface area contributed by atoms with Crippen molar-refractivity contribution < 1.29 is 4.52 Å². The Balaban J connectivity index is 2.17. The number of hydrogen-bond donors (Lipinski definition) is 0. The average Bonchev–Trinajstić information content (AvgIpc) is 1.94. The Kier molecular flexibility index (Phi) is 2.74. The van der Waals surface area contributed by atoms with Gasteiger partial charge in [0.15, 0.2) is 0 Å². The highest BCUT2D eigenvalue weighted by Gasteiger charge is 2.01. The molecule has 48 valence electrons. The zero-order valence-corrected chi connectivity index (χ0v) is 6.18. The molecule has 0 aromatic heterocycles. The van der Waals surface area contributed by atoms with Crippen LogP contribution in [0.5, 0.6) is 0 Å². The van der Waals surface area contributed by atoms with Crippen molar-refractivity contribution in [3.63, 3.8) is 0 Å². The van der Waals surface area contributed by atoms with Gasteiger partial charge in [-0.05, 0) is 7.05 Å². The number of nitrogens with zero attached hydrogens (tertiary/aromatic N) is 1. The highest BCUT2D eigenvalue weighted by Crippen LogP contribution is 2.13. The maximum Gasteiger partial charge on any atom is 0.0632 e. The summed E-state index contributed by atoms with van der Waals surface area (Å²) in [5, 5.41) is 0. The zero-order valence-electron chi connectivity index (χ0n) is 5.18. The predicted octanol–water partition coefficient (Wildman–Crippen LogP) is 0.542. The normalized spacial score (nSPS) is 28.1. The summed E-state index contributed by atoms with van der Waals surface area (Å²) in [6, 6.07) is 0. The lowest BCUT2D eigenvalue weighted by Crippen LogP contribution is -2.21. The van der Waals surface area contributed by atoms with Crippen LogP contribution in [0.4, 0.5) is 0 Å². The van der Waals surface area contributed by atoms with Crippen molar-refractivity contribution in [3.05, 3.63) is 0 Å². The molecular formula is C5H12NOP.